The van der Waals surface area contributed by atoms with Gasteiger partial charge >= 0.3 is 23.9 Å². The molecule has 1 aromatic heterocycles. The molecule has 0 spiro atoms. The number of halogens is 9. The summed E-state index contributed by atoms with van der Waals surface area (Å²) in [5.74, 6) is -21.6. The Balaban J connectivity index is 3.30. The number of hydrogen-bond donors (Lipinski definition) is 0. The fourth-order valence-corrected chi connectivity index (χ4v) is 0.908. The molecule has 0 saturated carbocycles. The van der Waals surface area contributed by atoms with Gasteiger partial charge in [-0.15, -0.1) is 0 Å². The van der Waals surface area contributed by atoms with Crippen LogP contribution in [0.3, 0.4) is 0 Å². The lowest BCUT2D eigenvalue weighted by atomic mass is 10.0. The summed E-state index contributed by atoms with van der Waals surface area (Å²) in [6.45, 7) is 0. The summed E-state index contributed by atoms with van der Waals surface area (Å²) in [6, 6.07) is 0.0559. The minimum Gasteiger partial charge on any atom is -0.355 e. The van der Waals surface area contributed by atoms with Crippen LogP contribution in [0.4, 0.5) is 39.5 Å². The van der Waals surface area contributed by atoms with E-state index < -0.39 is 29.7 Å². The fraction of sp³-hybridized carbons (Fsp3) is 0.571. The van der Waals surface area contributed by atoms with Crippen LogP contribution in [0.15, 0.2) is 16.8 Å². The zero-order valence-electron chi connectivity index (χ0n) is 7.91. The maximum atomic E-state index is 12.9. The summed E-state index contributed by atoms with van der Waals surface area (Å²) in [5, 5.41) is 2.53. The zero-order chi connectivity index (χ0) is 14.4. The van der Waals surface area contributed by atoms with Gasteiger partial charge < -0.3 is 4.52 Å². The molecule has 0 aromatic carbocycles. The second-order valence-corrected chi connectivity index (χ2v) is 3.10. The first-order chi connectivity index (χ1) is 7.86. The van der Waals surface area contributed by atoms with Crippen molar-refractivity contribution in [3.05, 3.63) is 18.0 Å². The Morgan fingerprint density at radius 3 is 1.67 bits per heavy atom. The van der Waals surface area contributed by atoms with Gasteiger partial charge in [0.25, 0.3) is 0 Å². The Morgan fingerprint density at radius 1 is 0.833 bits per heavy atom. The van der Waals surface area contributed by atoms with Gasteiger partial charge in [-0.05, 0) is 0 Å². The largest absolute Gasteiger partial charge is 0.460 e. The predicted molar refractivity (Wildman–Crippen MR) is 36.3 cm³/mol. The third-order valence-electron chi connectivity index (χ3n) is 1.89. The van der Waals surface area contributed by atoms with Crippen LogP contribution < -0.4 is 0 Å². The van der Waals surface area contributed by atoms with Gasteiger partial charge in [0, 0.05) is 6.07 Å². The van der Waals surface area contributed by atoms with Crippen molar-refractivity contribution in [2.75, 3.05) is 0 Å². The molecule has 0 aliphatic heterocycles. The minimum absolute atomic E-state index is 0.0559. The molecule has 104 valence electrons. The molecule has 2 nitrogen and oxygen atoms in total. The summed E-state index contributed by atoms with van der Waals surface area (Å²) >= 11 is 0. The number of alkyl halides is 9. The summed E-state index contributed by atoms with van der Waals surface area (Å²) in [7, 11) is 0. The molecule has 0 fully saturated rings. The highest BCUT2D eigenvalue weighted by molar-refractivity contribution is 5.12. The Kier molecular flexibility index (Phi) is 3.08. The SMILES string of the molecule is FC(F)(F)C(F)(F)C(F)(F)C(F)(F)c1ccno1. The monoisotopic (exact) mass is 287 g/mol. The van der Waals surface area contributed by atoms with Crippen LogP contribution in [0.5, 0.6) is 0 Å². The van der Waals surface area contributed by atoms with Gasteiger partial charge in [0.15, 0.2) is 0 Å². The molecular formula is C7H2F9NO. The van der Waals surface area contributed by atoms with E-state index in [4.69, 9.17) is 0 Å². The van der Waals surface area contributed by atoms with Crippen molar-refractivity contribution in [1.82, 2.24) is 5.16 Å². The second-order valence-electron chi connectivity index (χ2n) is 3.10. The minimum atomic E-state index is -6.93. The highest BCUT2D eigenvalue weighted by Gasteiger charge is 2.83. The van der Waals surface area contributed by atoms with Crippen molar-refractivity contribution in [3.63, 3.8) is 0 Å². The Labute approximate surface area is 92.3 Å². The topological polar surface area (TPSA) is 26.0 Å². The lowest BCUT2D eigenvalue weighted by Crippen LogP contribution is -2.59. The number of hydrogen-bond acceptors (Lipinski definition) is 2. The summed E-state index contributed by atoms with van der Waals surface area (Å²) in [5.41, 5.74) is 0. The molecule has 0 N–H and O–H groups in total. The van der Waals surface area contributed by atoms with Gasteiger partial charge in [0.1, 0.15) is 0 Å². The van der Waals surface area contributed by atoms with Gasteiger partial charge in [-0.1, -0.05) is 5.16 Å². The smallest absolute Gasteiger partial charge is 0.355 e. The van der Waals surface area contributed by atoms with E-state index in [1.54, 1.807) is 0 Å². The Morgan fingerprint density at radius 2 is 1.33 bits per heavy atom. The third-order valence-corrected chi connectivity index (χ3v) is 1.89. The van der Waals surface area contributed by atoms with Crippen LogP contribution in [-0.2, 0) is 5.92 Å². The first-order valence-electron chi connectivity index (χ1n) is 3.97. The number of aromatic nitrogens is 1. The Bertz CT molecular complexity index is 407. The highest BCUT2D eigenvalue weighted by Crippen LogP contribution is 2.56. The molecule has 1 aromatic rings. The van der Waals surface area contributed by atoms with Crippen LogP contribution in [0.25, 0.3) is 0 Å². The van der Waals surface area contributed by atoms with Gasteiger partial charge in [-0.2, -0.15) is 39.5 Å². The molecule has 0 amide bonds. The molecule has 0 aliphatic carbocycles. The molecule has 0 unspecified atom stereocenters. The van der Waals surface area contributed by atoms with E-state index in [0.717, 1.165) is 0 Å². The average molecular weight is 287 g/mol. The molecule has 18 heavy (non-hydrogen) atoms. The molecule has 11 heteroatoms. The normalized spacial score (nSPS) is 14.9. The van der Waals surface area contributed by atoms with Gasteiger partial charge in [-0.25, -0.2) is 0 Å². The molecule has 0 bridgehead atoms. The summed E-state index contributed by atoms with van der Waals surface area (Å²) in [6.07, 6.45) is -6.45. The van der Waals surface area contributed by atoms with Crippen molar-refractivity contribution in [2.45, 2.75) is 23.9 Å². The van der Waals surface area contributed by atoms with Crippen molar-refractivity contribution >= 4 is 0 Å². The van der Waals surface area contributed by atoms with Gasteiger partial charge in [0.2, 0.25) is 5.76 Å². The quantitative estimate of drug-likeness (QED) is 0.794. The maximum Gasteiger partial charge on any atom is 0.460 e. The molecule has 0 atom stereocenters. The van der Waals surface area contributed by atoms with Crippen LogP contribution in [0.1, 0.15) is 5.76 Å². The lowest BCUT2D eigenvalue weighted by Gasteiger charge is -2.32. The number of rotatable bonds is 3. The van der Waals surface area contributed by atoms with Crippen molar-refractivity contribution < 1.29 is 44.0 Å². The van der Waals surface area contributed by atoms with E-state index in [0.29, 0.717) is 6.20 Å². The molecule has 1 heterocycles. The van der Waals surface area contributed by atoms with Crippen molar-refractivity contribution in [3.8, 4) is 0 Å². The first kappa shape index (κ1) is 14.6. The van der Waals surface area contributed by atoms with E-state index in [-0.39, 0.29) is 6.07 Å². The second kappa shape index (κ2) is 3.79. The van der Waals surface area contributed by atoms with Crippen LogP contribution in [0, 0.1) is 0 Å². The van der Waals surface area contributed by atoms with Crippen LogP contribution in [-0.4, -0.2) is 23.2 Å². The zero-order valence-corrected chi connectivity index (χ0v) is 7.91. The third kappa shape index (κ3) is 1.81. The predicted octanol–water partition coefficient (Wildman–Crippen LogP) is 3.60. The standard InChI is InChI=1S/C7H2F9NO/c8-4(9,3-1-2-17-18-3)5(10,11)6(12,13)7(14,15)16/h1-2H. The lowest BCUT2D eigenvalue weighted by molar-refractivity contribution is -0.401. The highest BCUT2D eigenvalue weighted by atomic mass is 19.4. The van der Waals surface area contributed by atoms with Crippen molar-refractivity contribution in [1.29, 1.82) is 0 Å². The van der Waals surface area contributed by atoms with E-state index >= 15 is 0 Å². The van der Waals surface area contributed by atoms with Crippen molar-refractivity contribution in [2.24, 2.45) is 0 Å². The fourth-order valence-electron chi connectivity index (χ4n) is 0.908. The van der Waals surface area contributed by atoms with E-state index in [2.05, 4.69) is 9.68 Å². The number of nitrogens with zero attached hydrogens (tertiary/aromatic N) is 1. The van der Waals surface area contributed by atoms with Gasteiger partial charge in [-0.3, -0.25) is 0 Å². The van der Waals surface area contributed by atoms with Crippen LogP contribution in [0.2, 0.25) is 0 Å². The maximum absolute atomic E-state index is 12.9. The first-order valence-corrected chi connectivity index (χ1v) is 3.97. The van der Waals surface area contributed by atoms with E-state index in [9.17, 15) is 39.5 Å². The summed E-state index contributed by atoms with van der Waals surface area (Å²) in [4.78, 5) is 0. The van der Waals surface area contributed by atoms with Crippen LogP contribution >= 0.6 is 0 Å². The average Bonchev–Trinajstić information content (AvgIpc) is 2.68. The van der Waals surface area contributed by atoms with Gasteiger partial charge in [0.05, 0.1) is 6.20 Å². The Hall–Kier alpha value is -1.42. The molecule has 0 aliphatic rings. The van der Waals surface area contributed by atoms with E-state index in [1.165, 1.54) is 0 Å². The molecule has 0 saturated heterocycles. The summed E-state index contributed by atoms with van der Waals surface area (Å²) < 4.78 is 115. The molecular weight excluding hydrogens is 285 g/mol. The van der Waals surface area contributed by atoms with E-state index in [1.807, 2.05) is 0 Å². The molecule has 1 rings (SSSR count). The molecule has 0 radical (unpaired) electrons.